The largest absolute Gasteiger partial charge is 0.383 e. The van der Waals surface area contributed by atoms with Crippen molar-refractivity contribution in [2.45, 2.75) is 45.2 Å². The minimum Gasteiger partial charge on any atom is -0.383 e. The fourth-order valence-electron chi connectivity index (χ4n) is 3.54. The van der Waals surface area contributed by atoms with Crippen LogP contribution in [0.5, 0.6) is 0 Å². The Morgan fingerprint density at radius 2 is 1.73 bits per heavy atom. The van der Waals surface area contributed by atoms with Gasteiger partial charge in [-0.3, -0.25) is 14.5 Å². The van der Waals surface area contributed by atoms with Gasteiger partial charge in [0, 0.05) is 57.2 Å². The van der Waals surface area contributed by atoms with Crippen LogP contribution in [-0.2, 0) is 9.53 Å². The van der Waals surface area contributed by atoms with Crippen molar-refractivity contribution >= 4 is 11.7 Å². The molecule has 1 amide bonds. The van der Waals surface area contributed by atoms with Crippen LogP contribution in [0.2, 0.25) is 0 Å². The van der Waals surface area contributed by atoms with Crippen LogP contribution in [0.1, 0.15) is 43.5 Å². The summed E-state index contributed by atoms with van der Waals surface area (Å²) >= 11 is 0. The summed E-state index contributed by atoms with van der Waals surface area (Å²) in [6.07, 6.45) is 1.18. The Kier molecular flexibility index (Phi) is 7.72. The lowest BCUT2D eigenvalue weighted by atomic mass is 10.0. The molecule has 6 heteroatoms. The maximum atomic E-state index is 12.9. The first-order valence-corrected chi connectivity index (χ1v) is 9.23. The van der Waals surface area contributed by atoms with Crippen LogP contribution < -0.4 is 0 Å². The van der Waals surface area contributed by atoms with Gasteiger partial charge in [-0.2, -0.15) is 0 Å². The number of rotatable bonds is 8. The number of carbonyl (C=O) groups is 2. The number of amides is 1. The topological polar surface area (TPSA) is 49.9 Å². The lowest BCUT2D eigenvalue weighted by Gasteiger charge is -2.44. The van der Waals surface area contributed by atoms with Crippen molar-refractivity contribution < 1.29 is 18.7 Å². The lowest BCUT2D eigenvalue weighted by Crippen LogP contribution is -2.58. The van der Waals surface area contributed by atoms with Gasteiger partial charge < -0.3 is 9.64 Å². The monoisotopic (exact) mass is 364 g/mol. The third kappa shape index (κ3) is 5.61. The lowest BCUT2D eigenvalue weighted by molar-refractivity contribution is -0.135. The third-order valence-corrected chi connectivity index (χ3v) is 4.97. The van der Waals surface area contributed by atoms with Crippen LogP contribution in [0.4, 0.5) is 4.39 Å². The molecule has 0 saturated carbocycles. The van der Waals surface area contributed by atoms with Crippen LogP contribution >= 0.6 is 0 Å². The minimum absolute atomic E-state index is 0.0519. The Balaban J connectivity index is 1.77. The van der Waals surface area contributed by atoms with Gasteiger partial charge in [0.25, 0.3) is 0 Å². The van der Waals surface area contributed by atoms with Crippen molar-refractivity contribution in [1.29, 1.82) is 0 Å². The van der Waals surface area contributed by atoms with E-state index in [-0.39, 0.29) is 17.5 Å². The molecule has 1 aliphatic heterocycles. The fraction of sp³-hybridized carbons (Fsp3) is 0.600. The number of carbonyl (C=O) groups excluding carboxylic acids is 2. The molecule has 0 spiro atoms. The number of hydrogen-bond acceptors (Lipinski definition) is 4. The summed E-state index contributed by atoms with van der Waals surface area (Å²) in [6, 6.07) is 6.12. The number of piperazine rings is 1. The quantitative estimate of drug-likeness (QED) is 0.666. The first kappa shape index (κ1) is 20.5. The third-order valence-electron chi connectivity index (χ3n) is 4.97. The molecule has 1 aromatic rings. The molecule has 1 saturated heterocycles. The van der Waals surface area contributed by atoms with Gasteiger partial charge in [-0.05, 0) is 44.5 Å². The van der Waals surface area contributed by atoms with Crippen LogP contribution in [0.3, 0.4) is 0 Å². The summed E-state index contributed by atoms with van der Waals surface area (Å²) in [5.41, 5.74) is 0.493. The second-order valence-corrected chi connectivity index (χ2v) is 7.01. The number of benzene rings is 1. The van der Waals surface area contributed by atoms with Gasteiger partial charge in [-0.15, -0.1) is 0 Å². The van der Waals surface area contributed by atoms with E-state index in [1.807, 2.05) is 4.90 Å². The Morgan fingerprint density at radius 3 is 2.31 bits per heavy atom. The first-order chi connectivity index (χ1) is 12.4. The Hall–Kier alpha value is -1.79. The highest BCUT2D eigenvalue weighted by atomic mass is 19.1. The highest BCUT2D eigenvalue weighted by Gasteiger charge is 2.31. The smallest absolute Gasteiger partial charge is 0.222 e. The van der Waals surface area contributed by atoms with E-state index in [9.17, 15) is 14.0 Å². The molecule has 2 unspecified atom stereocenters. The molecule has 26 heavy (non-hydrogen) atoms. The number of nitrogens with zero attached hydrogens (tertiary/aromatic N) is 2. The van der Waals surface area contributed by atoms with Crippen molar-refractivity contribution in [2.75, 3.05) is 33.4 Å². The second-order valence-electron chi connectivity index (χ2n) is 7.01. The predicted molar refractivity (Wildman–Crippen MR) is 98.7 cm³/mol. The molecular formula is C20H29FN2O3. The average molecular weight is 364 g/mol. The molecule has 1 aliphatic rings. The van der Waals surface area contributed by atoms with Crippen LogP contribution in [-0.4, -0.2) is 66.9 Å². The van der Waals surface area contributed by atoms with Crippen molar-refractivity contribution in [3.8, 4) is 0 Å². The number of methoxy groups -OCH3 is 1. The SMILES string of the molecule is COCCN1C(C)CN(C(=O)CCCC(=O)c2ccc(F)cc2)CC1C. The normalized spacial score (nSPS) is 21.0. The fourth-order valence-corrected chi connectivity index (χ4v) is 3.54. The van der Waals surface area contributed by atoms with E-state index in [1.165, 1.54) is 24.3 Å². The second kappa shape index (κ2) is 9.78. The maximum absolute atomic E-state index is 12.9. The summed E-state index contributed by atoms with van der Waals surface area (Å²) in [6.45, 7) is 7.23. The van der Waals surface area contributed by atoms with Gasteiger partial charge >= 0.3 is 0 Å². The molecule has 5 nitrogen and oxygen atoms in total. The molecule has 0 N–H and O–H groups in total. The number of halogens is 1. The van der Waals surface area contributed by atoms with Gasteiger partial charge in [-0.1, -0.05) is 0 Å². The summed E-state index contributed by atoms with van der Waals surface area (Å²) in [5, 5.41) is 0. The van der Waals surface area contributed by atoms with E-state index >= 15 is 0 Å². The van der Waals surface area contributed by atoms with Gasteiger partial charge in [0.1, 0.15) is 5.82 Å². The Bertz CT molecular complexity index is 594. The molecule has 2 atom stereocenters. The minimum atomic E-state index is -0.357. The standard InChI is InChI=1S/C20H29FN2O3/c1-15-13-22(14-16(2)23(15)11-12-26-3)20(25)6-4-5-19(24)17-7-9-18(21)10-8-17/h7-10,15-16H,4-6,11-14H2,1-3H3. The first-order valence-electron chi connectivity index (χ1n) is 9.23. The molecule has 1 heterocycles. The maximum Gasteiger partial charge on any atom is 0.222 e. The van der Waals surface area contributed by atoms with Gasteiger partial charge in [0.2, 0.25) is 5.91 Å². The zero-order valence-electron chi connectivity index (χ0n) is 15.9. The van der Waals surface area contributed by atoms with E-state index in [0.717, 1.165) is 6.54 Å². The zero-order valence-corrected chi connectivity index (χ0v) is 15.9. The van der Waals surface area contributed by atoms with Crippen LogP contribution in [0.15, 0.2) is 24.3 Å². The summed E-state index contributed by atoms with van der Waals surface area (Å²) < 4.78 is 18.1. The van der Waals surface area contributed by atoms with Crippen molar-refractivity contribution in [2.24, 2.45) is 0 Å². The molecule has 1 fully saturated rings. The molecule has 0 radical (unpaired) electrons. The number of ether oxygens (including phenoxy) is 1. The van der Waals surface area contributed by atoms with Gasteiger partial charge in [-0.25, -0.2) is 4.39 Å². The molecule has 1 aromatic carbocycles. The van der Waals surface area contributed by atoms with E-state index < -0.39 is 0 Å². The van der Waals surface area contributed by atoms with Crippen LogP contribution in [0.25, 0.3) is 0 Å². The number of hydrogen-bond donors (Lipinski definition) is 0. The predicted octanol–water partition coefficient (Wildman–Crippen LogP) is 2.75. The summed E-state index contributed by atoms with van der Waals surface area (Å²) in [5.74, 6) is -0.310. The van der Waals surface area contributed by atoms with E-state index in [2.05, 4.69) is 18.7 Å². The summed E-state index contributed by atoms with van der Waals surface area (Å²) in [4.78, 5) is 28.9. The van der Waals surface area contributed by atoms with Crippen LogP contribution in [0, 0.1) is 5.82 Å². The van der Waals surface area contributed by atoms with Crippen molar-refractivity contribution in [1.82, 2.24) is 9.80 Å². The van der Waals surface area contributed by atoms with Gasteiger partial charge in [0.15, 0.2) is 5.78 Å². The van der Waals surface area contributed by atoms with E-state index in [0.29, 0.717) is 56.6 Å². The Labute approximate surface area is 155 Å². The average Bonchev–Trinajstić information content (AvgIpc) is 2.61. The highest BCUT2D eigenvalue weighted by molar-refractivity contribution is 5.96. The number of Topliss-reactive ketones (excluding diaryl/α,β-unsaturated/α-hetero) is 1. The molecule has 0 aromatic heterocycles. The van der Waals surface area contributed by atoms with Crippen molar-refractivity contribution in [3.05, 3.63) is 35.6 Å². The molecular weight excluding hydrogens is 335 g/mol. The van der Waals surface area contributed by atoms with Gasteiger partial charge in [0.05, 0.1) is 6.61 Å². The summed E-state index contributed by atoms with van der Waals surface area (Å²) in [7, 11) is 1.70. The molecule has 0 bridgehead atoms. The number of ketones is 1. The highest BCUT2D eigenvalue weighted by Crippen LogP contribution is 2.17. The zero-order chi connectivity index (χ0) is 19.1. The molecule has 2 rings (SSSR count). The molecule has 0 aliphatic carbocycles. The van der Waals surface area contributed by atoms with E-state index in [1.54, 1.807) is 7.11 Å². The molecule has 144 valence electrons. The van der Waals surface area contributed by atoms with Crippen molar-refractivity contribution in [3.63, 3.8) is 0 Å². The van der Waals surface area contributed by atoms with E-state index in [4.69, 9.17) is 4.74 Å². The Morgan fingerprint density at radius 1 is 1.12 bits per heavy atom.